The van der Waals surface area contributed by atoms with Crippen LogP contribution < -0.4 is 0 Å². The lowest BCUT2D eigenvalue weighted by atomic mass is 9.78. The van der Waals surface area contributed by atoms with E-state index in [0.29, 0.717) is 11.1 Å². The van der Waals surface area contributed by atoms with Crippen LogP contribution in [0.2, 0.25) is 13.1 Å². The Balaban J connectivity index is 1.42. The summed E-state index contributed by atoms with van der Waals surface area (Å²) in [4.78, 5) is 0. The Labute approximate surface area is 367 Å². The largest absolute Gasteiger partial charge is 0.0685 e. The zero-order chi connectivity index (χ0) is 42.1. The maximum Gasteiger partial charge on any atom is 0.0621 e. The zero-order valence-corrected chi connectivity index (χ0v) is 37.2. The molecule has 1 aliphatic rings. The minimum atomic E-state index is -1.68. The molecule has 62 heavy (non-hydrogen) atoms. The van der Waals surface area contributed by atoms with Crippen molar-refractivity contribution in [1.29, 1.82) is 0 Å². The van der Waals surface area contributed by atoms with Gasteiger partial charge in [-0.1, -0.05) is 203 Å². The molecule has 0 amide bonds. The van der Waals surface area contributed by atoms with Gasteiger partial charge >= 0.3 is 0 Å². The first-order chi connectivity index (χ1) is 30.3. The Bertz CT molecular complexity index is 3180. The van der Waals surface area contributed by atoms with E-state index in [-0.39, 0.29) is 0 Å². The molecule has 0 spiro atoms. The summed E-state index contributed by atoms with van der Waals surface area (Å²) >= 11 is 0. The standard InChI is InChI=1S/C61H50Si/c1-39-33-34-49(48-30-19-18-29-46(39)48)60-55-35-51(42-21-10-6-11-22-42)53(44-25-14-8-15-26-44)37-57(55)61(50-32-20-31-47-40(2)62(4,5)41(3)59(47)50)58-38-54(45-27-16-9-17-28-45)52(36-56(58)60)43-23-12-7-13-24-43/h6-38,40-41H,1-5H3. The van der Waals surface area contributed by atoms with Crippen LogP contribution in [0.3, 0.4) is 0 Å². The lowest BCUT2D eigenvalue weighted by Crippen LogP contribution is -2.33. The molecular formula is C61H50Si. The third kappa shape index (κ3) is 6.02. The van der Waals surface area contributed by atoms with E-state index in [1.165, 1.54) is 110 Å². The molecule has 0 bridgehead atoms. The van der Waals surface area contributed by atoms with Gasteiger partial charge in [-0.25, -0.2) is 0 Å². The molecule has 11 rings (SSSR count). The summed E-state index contributed by atoms with van der Waals surface area (Å²) in [5.41, 5.74) is 20.6. The molecule has 0 N–H and O–H groups in total. The van der Waals surface area contributed by atoms with Gasteiger partial charge in [-0.05, 0) is 158 Å². The van der Waals surface area contributed by atoms with Gasteiger partial charge in [0, 0.05) is 0 Å². The Morgan fingerprint density at radius 3 is 1.15 bits per heavy atom. The van der Waals surface area contributed by atoms with Crippen molar-refractivity contribution in [2.45, 2.75) is 44.9 Å². The van der Waals surface area contributed by atoms with E-state index in [9.17, 15) is 0 Å². The predicted octanol–water partition coefficient (Wildman–Crippen LogP) is 17.5. The minimum Gasteiger partial charge on any atom is -0.0685 e. The van der Waals surface area contributed by atoms with E-state index in [1.807, 2.05) is 0 Å². The van der Waals surface area contributed by atoms with Gasteiger partial charge in [0.05, 0.1) is 8.07 Å². The summed E-state index contributed by atoms with van der Waals surface area (Å²) in [7, 11) is -1.68. The SMILES string of the molecule is Cc1ccc(-c2c3cc(-c4ccccc4)c(-c4ccccc4)cc3c(-c3cccc4c3C(C)[Si](C)(C)C4C)c3cc(-c4ccccc4)c(-c4ccccc4)cc23)c2ccccc12. The van der Waals surface area contributed by atoms with Crippen LogP contribution in [-0.4, -0.2) is 8.07 Å². The average molecular weight is 811 g/mol. The van der Waals surface area contributed by atoms with Crippen molar-refractivity contribution in [3.63, 3.8) is 0 Å². The van der Waals surface area contributed by atoms with E-state index >= 15 is 0 Å². The molecule has 0 nitrogen and oxygen atoms in total. The maximum atomic E-state index is 2.60. The van der Waals surface area contributed by atoms with E-state index in [1.54, 1.807) is 5.56 Å². The highest BCUT2D eigenvalue weighted by atomic mass is 28.3. The smallest absolute Gasteiger partial charge is 0.0621 e. The molecule has 0 aromatic heterocycles. The topological polar surface area (TPSA) is 0 Å². The summed E-state index contributed by atoms with van der Waals surface area (Å²) in [6.45, 7) is 12.5. The summed E-state index contributed by atoms with van der Waals surface area (Å²) < 4.78 is 0. The van der Waals surface area contributed by atoms with Gasteiger partial charge in [0.2, 0.25) is 0 Å². The van der Waals surface area contributed by atoms with Crippen molar-refractivity contribution < 1.29 is 0 Å². The number of rotatable bonds is 6. The van der Waals surface area contributed by atoms with E-state index in [4.69, 9.17) is 0 Å². The minimum absolute atomic E-state index is 0.504. The molecule has 10 aromatic rings. The first-order valence-corrected chi connectivity index (χ1v) is 25.4. The van der Waals surface area contributed by atoms with Crippen molar-refractivity contribution >= 4 is 40.4 Å². The molecule has 0 fully saturated rings. The molecule has 1 heterocycles. The van der Waals surface area contributed by atoms with Crippen LogP contribution in [-0.2, 0) is 0 Å². The first kappa shape index (κ1) is 38.1. The molecule has 0 saturated carbocycles. The quantitative estimate of drug-likeness (QED) is 0.116. The average Bonchev–Trinajstić information content (AvgIpc) is 3.50. The predicted molar refractivity (Wildman–Crippen MR) is 271 cm³/mol. The number of fused-ring (bicyclic) bond motifs is 4. The normalized spacial score (nSPS) is 15.6. The van der Waals surface area contributed by atoms with Gasteiger partial charge in [0.15, 0.2) is 0 Å². The lowest BCUT2D eigenvalue weighted by molar-refractivity contribution is 1.02. The highest BCUT2D eigenvalue weighted by molar-refractivity contribution is 6.81. The van der Waals surface area contributed by atoms with Gasteiger partial charge in [0.1, 0.15) is 0 Å². The van der Waals surface area contributed by atoms with Crippen LogP contribution in [0.4, 0.5) is 0 Å². The van der Waals surface area contributed by atoms with Crippen LogP contribution in [0.5, 0.6) is 0 Å². The summed E-state index contributed by atoms with van der Waals surface area (Å²) in [5, 5.41) is 7.71. The van der Waals surface area contributed by atoms with E-state index in [2.05, 4.69) is 234 Å². The van der Waals surface area contributed by atoms with Crippen LogP contribution in [0.1, 0.15) is 41.6 Å². The highest BCUT2D eigenvalue weighted by Crippen LogP contribution is 2.55. The molecule has 0 radical (unpaired) electrons. The fourth-order valence-electron chi connectivity index (χ4n) is 10.8. The molecule has 0 aliphatic carbocycles. The Hall–Kier alpha value is -6.80. The van der Waals surface area contributed by atoms with Crippen molar-refractivity contribution in [2.24, 2.45) is 0 Å². The molecule has 2 atom stereocenters. The number of benzene rings is 10. The van der Waals surface area contributed by atoms with Gasteiger partial charge < -0.3 is 0 Å². The van der Waals surface area contributed by atoms with E-state index in [0.717, 1.165) is 0 Å². The lowest BCUT2D eigenvalue weighted by Gasteiger charge is -2.27. The van der Waals surface area contributed by atoms with Gasteiger partial charge in [-0.2, -0.15) is 0 Å². The number of hydrogen-bond acceptors (Lipinski definition) is 0. The Morgan fingerprint density at radius 2 is 0.710 bits per heavy atom. The zero-order valence-electron chi connectivity index (χ0n) is 36.2. The Morgan fingerprint density at radius 1 is 0.323 bits per heavy atom. The van der Waals surface area contributed by atoms with Gasteiger partial charge in [0.25, 0.3) is 0 Å². The van der Waals surface area contributed by atoms with Crippen molar-refractivity contribution in [3.05, 3.63) is 217 Å². The van der Waals surface area contributed by atoms with Crippen LogP contribution >= 0.6 is 0 Å². The fourth-order valence-corrected chi connectivity index (χ4v) is 13.7. The fraction of sp³-hybridized carbons (Fsp3) is 0.115. The molecular weight excluding hydrogens is 761 g/mol. The number of hydrogen-bond donors (Lipinski definition) is 0. The second kappa shape index (κ2) is 15.0. The maximum absolute atomic E-state index is 2.60. The van der Waals surface area contributed by atoms with Crippen molar-refractivity contribution in [3.8, 4) is 66.8 Å². The summed E-state index contributed by atoms with van der Waals surface area (Å²) in [6.07, 6.45) is 0. The Kier molecular flexibility index (Phi) is 9.21. The summed E-state index contributed by atoms with van der Waals surface area (Å²) in [6, 6.07) is 75.3. The van der Waals surface area contributed by atoms with Crippen molar-refractivity contribution in [1.82, 2.24) is 0 Å². The monoisotopic (exact) mass is 810 g/mol. The van der Waals surface area contributed by atoms with Gasteiger partial charge in [-0.3, -0.25) is 0 Å². The third-order valence-electron chi connectivity index (χ3n) is 14.7. The highest BCUT2D eigenvalue weighted by Gasteiger charge is 2.45. The molecule has 1 heteroatoms. The van der Waals surface area contributed by atoms with Crippen molar-refractivity contribution in [2.75, 3.05) is 0 Å². The first-order valence-electron chi connectivity index (χ1n) is 22.2. The number of aryl methyl sites for hydroxylation is 1. The van der Waals surface area contributed by atoms with Crippen LogP contribution in [0.25, 0.3) is 99.1 Å². The van der Waals surface area contributed by atoms with Gasteiger partial charge in [-0.15, -0.1) is 0 Å². The second-order valence-electron chi connectivity index (χ2n) is 18.1. The molecule has 0 saturated heterocycles. The third-order valence-corrected chi connectivity index (χ3v) is 19.7. The van der Waals surface area contributed by atoms with Crippen LogP contribution in [0.15, 0.2) is 200 Å². The van der Waals surface area contributed by atoms with Crippen LogP contribution in [0, 0.1) is 6.92 Å². The van der Waals surface area contributed by atoms with E-state index < -0.39 is 8.07 Å². The molecule has 2 unspecified atom stereocenters. The molecule has 10 aromatic carbocycles. The summed E-state index contributed by atoms with van der Waals surface area (Å²) in [5.74, 6) is 0. The second-order valence-corrected chi connectivity index (χ2v) is 23.5. The molecule has 298 valence electrons. The molecule has 1 aliphatic heterocycles.